The molecule has 2 aromatic heterocycles. The first kappa shape index (κ1) is 27.7. The molecule has 3 N–H and O–H groups in total. The van der Waals surface area contributed by atoms with E-state index in [0.29, 0.717) is 24.8 Å². The third kappa shape index (κ3) is 6.13. The Morgan fingerprint density at radius 1 is 1.07 bits per heavy atom. The van der Waals surface area contributed by atoms with Crippen molar-refractivity contribution < 1.29 is 9.59 Å². The molecule has 0 bridgehead atoms. The number of urea groups is 1. The number of para-hydroxylation sites is 2. The van der Waals surface area contributed by atoms with E-state index in [4.69, 9.17) is 0 Å². The summed E-state index contributed by atoms with van der Waals surface area (Å²) in [7, 11) is 3.96. The van der Waals surface area contributed by atoms with Gasteiger partial charge in [0.2, 0.25) is 5.91 Å². The minimum Gasteiger partial charge on any atom is -0.368 e. The van der Waals surface area contributed by atoms with Gasteiger partial charge in [-0.1, -0.05) is 43.3 Å². The number of nitrogens with zero attached hydrogens (tertiary/aromatic N) is 4. The molecule has 0 saturated carbocycles. The number of aromatic amines is 1. The number of nitrogens with one attached hydrogen (secondary N) is 3. The maximum atomic E-state index is 13.7. The summed E-state index contributed by atoms with van der Waals surface area (Å²) in [6, 6.07) is 15.3. The molecule has 3 heterocycles. The van der Waals surface area contributed by atoms with Gasteiger partial charge in [-0.15, -0.1) is 11.3 Å². The molecule has 0 aliphatic carbocycles. The van der Waals surface area contributed by atoms with E-state index < -0.39 is 6.04 Å². The van der Waals surface area contributed by atoms with Crippen LogP contribution in [0.15, 0.2) is 60.1 Å². The summed E-state index contributed by atoms with van der Waals surface area (Å²) in [5, 5.41) is 9.55. The topological polar surface area (TPSA) is 96.6 Å². The molecule has 1 fully saturated rings. The van der Waals surface area contributed by atoms with Crippen molar-refractivity contribution in [1.29, 1.82) is 0 Å². The van der Waals surface area contributed by atoms with Crippen LogP contribution in [-0.2, 0) is 11.3 Å². The zero-order valence-electron chi connectivity index (χ0n) is 23.5. The first-order chi connectivity index (χ1) is 19.3. The second-order valence-corrected chi connectivity index (χ2v) is 11.5. The number of piperazine rings is 1. The molecule has 0 radical (unpaired) electrons. The number of carbonyl (C=O) groups is 2. The van der Waals surface area contributed by atoms with Gasteiger partial charge in [-0.05, 0) is 44.3 Å². The Labute approximate surface area is 239 Å². The molecular formula is C30H37N7O2S. The van der Waals surface area contributed by atoms with E-state index in [1.807, 2.05) is 73.9 Å². The lowest BCUT2D eigenvalue weighted by Crippen LogP contribution is -2.56. The van der Waals surface area contributed by atoms with Crippen molar-refractivity contribution >= 4 is 45.0 Å². The summed E-state index contributed by atoms with van der Waals surface area (Å²) in [4.78, 5) is 41.2. The Morgan fingerprint density at radius 2 is 1.80 bits per heavy atom. The zero-order chi connectivity index (χ0) is 28.2. The highest BCUT2D eigenvalue weighted by atomic mass is 32.1. The summed E-state index contributed by atoms with van der Waals surface area (Å²) in [6.07, 6.45) is 1.93. The molecule has 1 aliphatic heterocycles. The standard InChI is InChI=1S/C30H37N7O2S/c1-20-9-5-8-12-26(20)36-13-15-37(16-14-36)30(39)33-27(21(2)24-17-31-25-11-7-6-10-23(24)25)28(38)34-29-32-22(19-40-29)18-35(3)4/h5-12,17,19,21,27,31H,13-16,18H2,1-4H3,(H,33,39)(H,32,34,38). The van der Waals surface area contributed by atoms with E-state index >= 15 is 0 Å². The SMILES string of the molecule is Cc1ccccc1N1CCN(C(=O)NC(C(=O)Nc2nc(CN(C)C)cs2)C(C)c2c[nH]c3ccccc23)CC1. The molecule has 0 spiro atoms. The number of hydrogen-bond acceptors (Lipinski definition) is 6. The minimum absolute atomic E-state index is 0.233. The van der Waals surface area contributed by atoms with Gasteiger partial charge in [-0.3, -0.25) is 4.79 Å². The molecule has 1 aliphatic rings. The number of hydrogen-bond donors (Lipinski definition) is 3. The number of amides is 3. The molecule has 3 amide bonds. The summed E-state index contributed by atoms with van der Waals surface area (Å²) < 4.78 is 0. The quantitative estimate of drug-likeness (QED) is 0.292. The lowest BCUT2D eigenvalue weighted by molar-refractivity contribution is -0.118. The Bertz CT molecular complexity index is 1470. The summed E-state index contributed by atoms with van der Waals surface area (Å²) >= 11 is 1.39. The van der Waals surface area contributed by atoms with Crippen molar-refractivity contribution in [3.05, 3.63) is 76.9 Å². The summed E-state index contributed by atoms with van der Waals surface area (Å²) in [5.41, 5.74) is 5.29. The highest BCUT2D eigenvalue weighted by molar-refractivity contribution is 7.13. The zero-order valence-corrected chi connectivity index (χ0v) is 24.3. The molecule has 2 aromatic carbocycles. The molecular weight excluding hydrogens is 522 g/mol. The van der Waals surface area contributed by atoms with E-state index in [0.717, 1.165) is 35.2 Å². The Kier molecular flexibility index (Phi) is 8.37. The maximum Gasteiger partial charge on any atom is 0.318 e. The first-order valence-corrected chi connectivity index (χ1v) is 14.5. The molecule has 1 saturated heterocycles. The van der Waals surface area contributed by atoms with Crippen molar-refractivity contribution in [2.75, 3.05) is 50.5 Å². The lowest BCUT2D eigenvalue weighted by atomic mass is 9.92. The molecule has 210 valence electrons. The third-order valence-corrected chi connectivity index (χ3v) is 8.26. The van der Waals surface area contributed by atoms with Gasteiger partial charge in [-0.25, -0.2) is 9.78 Å². The predicted molar refractivity (Wildman–Crippen MR) is 162 cm³/mol. The number of rotatable bonds is 8. The van der Waals surface area contributed by atoms with Crippen LogP contribution in [0.5, 0.6) is 0 Å². The predicted octanol–water partition coefficient (Wildman–Crippen LogP) is 4.64. The van der Waals surface area contributed by atoms with Crippen molar-refractivity contribution in [3.63, 3.8) is 0 Å². The van der Waals surface area contributed by atoms with Gasteiger partial charge in [0.1, 0.15) is 6.04 Å². The normalized spacial score (nSPS) is 15.3. The lowest BCUT2D eigenvalue weighted by Gasteiger charge is -2.37. The van der Waals surface area contributed by atoms with Gasteiger partial charge in [0.15, 0.2) is 5.13 Å². The van der Waals surface area contributed by atoms with Gasteiger partial charge in [0.25, 0.3) is 0 Å². The number of aryl methyl sites for hydroxylation is 1. The van der Waals surface area contributed by atoms with Gasteiger partial charge in [-0.2, -0.15) is 0 Å². The number of H-pyrrole nitrogens is 1. The van der Waals surface area contributed by atoms with Crippen LogP contribution in [0.2, 0.25) is 0 Å². The first-order valence-electron chi connectivity index (χ1n) is 13.6. The second kappa shape index (κ2) is 12.1. The molecule has 2 unspecified atom stereocenters. The van der Waals surface area contributed by atoms with Gasteiger partial charge < -0.3 is 30.3 Å². The van der Waals surface area contributed by atoms with Crippen LogP contribution in [0.3, 0.4) is 0 Å². The number of thiazole rings is 1. The molecule has 5 rings (SSSR count). The highest BCUT2D eigenvalue weighted by Crippen LogP contribution is 2.29. The van der Waals surface area contributed by atoms with Crippen molar-refractivity contribution in [2.45, 2.75) is 32.4 Å². The minimum atomic E-state index is -0.790. The van der Waals surface area contributed by atoms with Gasteiger partial charge in [0, 0.05) is 66.8 Å². The molecule has 2 atom stereocenters. The van der Waals surface area contributed by atoms with Crippen LogP contribution in [-0.4, -0.2) is 78.0 Å². The fourth-order valence-electron chi connectivity index (χ4n) is 5.30. The van der Waals surface area contributed by atoms with Gasteiger partial charge >= 0.3 is 6.03 Å². The van der Waals surface area contributed by atoms with E-state index in [2.05, 4.69) is 44.6 Å². The van der Waals surface area contributed by atoms with Gasteiger partial charge in [0.05, 0.1) is 5.69 Å². The Hall–Kier alpha value is -3.89. The number of anilines is 2. The molecule has 4 aromatic rings. The summed E-state index contributed by atoms with van der Waals surface area (Å²) in [5.74, 6) is -0.565. The fraction of sp³-hybridized carbons (Fsp3) is 0.367. The van der Waals surface area contributed by atoms with Crippen LogP contribution >= 0.6 is 11.3 Å². The number of carbonyl (C=O) groups excluding carboxylic acids is 2. The van der Waals surface area contributed by atoms with Crippen LogP contribution < -0.4 is 15.5 Å². The second-order valence-electron chi connectivity index (χ2n) is 10.6. The van der Waals surface area contributed by atoms with E-state index in [1.54, 1.807) is 4.90 Å². The number of benzene rings is 2. The monoisotopic (exact) mass is 559 g/mol. The van der Waals surface area contributed by atoms with Crippen LogP contribution in [0.1, 0.15) is 29.7 Å². The van der Waals surface area contributed by atoms with Crippen LogP contribution in [0, 0.1) is 6.92 Å². The van der Waals surface area contributed by atoms with Crippen LogP contribution in [0.4, 0.5) is 15.6 Å². The average Bonchev–Trinajstić information content (AvgIpc) is 3.58. The Morgan fingerprint density at radius 3 is 2.55 bits per heavy atom. The smallest absolute Gasteiger partial charge is 0.318 e. The molecule has 40 heavy (non-hydrogen) atoms. The highest BCUT2D eigenvalue weighted by Gasteiger charge is 2.32. The van der Waals surface area contributed by atoms with Crippen molar-refractivity contribution in [3.8, 4) is 0 Å². The molecule has 9 nitrogen and oxygen atoms in total. The van der Waals surface area contributed by atoms with E-state index in [-0.39, 0.29) is 17.9 Å². The average molecular weight is 560 g/mol. The summed E-state index contributed by atoms with van der Waals surface area (Å²) in [6.45, 7) is 7.41. The van der Waals surface area contributed by atoms with E-state index in [9.17, 15) is 9.59 Å². The Balaban J connectivity index is 1.32. The maximum absolute atomic E-state index is 13.7. The molecule has 10 heteroatoms. The fourth-order valence-corrected chi connectivity index (χ4v) is 6.01. The number of fused-ring (bicyclic) bond motifs is 1. The largest absolute Gasteiger partial charge is 0.368 e. The number of aromatic nitrogens is 2. The third-order valence-electron chi connectivity index (χ3n) is 7.46. The van der Waals surface area contributed by atoms with Crippen LogP contribution in [0.25, 0.3) is 10.9 Å². The van der Waals surface area contributed by atoms with E-state index in [1.165, 1.54) is 22.6 Å². The van der Waals surface area contributed by atoms with Crippen molar-refractivity contribution in [2.24, 2.45) is 0 Å². The van der Waals surface area contributed by atoms with Crippen molar-refractivity contribution in [1.82, 2.24) is 25.1 Å².